The molecule has 1 aliphatic heterocycles. The summed E-state index contributed by atoms with van der Waals surface area (Å²) in [5, 5.41) is 1.07. The number of thiocarbonyl (C=S) groups is 1. The van der Waals surface area contributed by atoms with Crippen molar-refractivity contribution in [2.24, 2.45) is 0 Å². The minimum absolute atomic E-state index is 0.170. The van der Waals surface area contributed by atoms with Crippen molar-refractivity contribution >= 4 is 69.2 Å². The van der Waals surface area contributed by atoms with Gasteiger partial charge in [0.2, 0.25) is 0 Å². The first kappa shape index (κ1) is 24.6. The molecule has 0 aliphatic carbocycles. The molecule has 0 unspecified atom stereocenters. The van der Waals surface area contributed by atoms with Crippen LogP contribution in [0, 0.1) is 13.8 Å². The zero-order valence-electron chi connectivity index (χ0n) is 18.7. The van der Waals surface area contributed by atoms with Crippen LogP contribution in [0.1, 0.15) is 22.3 Å². The Labute approximate surface area is 218 Å². The summed E-state index contributed by atoms with van der Waals surface area (Å²) in [4.78, 5) is 15.4. The molecular weight excluding hydrogens is 509 g/mol. The number of amides is 1. The lowest BCUT2D eigenvalue weighted by atomic mass is 10.1. The van der Waals surface area contributed by atoms with Crippen LogP contribution in [0.15, 0.2) is 59.5 Å². The SMILES string of the molecule is COc1cccc(/C=C2\SC(=S)N(c3ccc(C)cc3C)C2=O)c1OCc1ccc(Cl)cc1Cl. The summed E-state index contributed by atoms with van der Waals surface area (Å²) in [6, 6.07) is 16.7. The molecule has 0 saturated carbocycles. The number of hydrogen-bond donors (Lipinski definition) is 0. The number of carbonyl (C=O) groups excluding carboxylic acids is 1. The van der Waals surface area contributed by atoms with Crippen LogP contribution in [-0.4, -0.2) is 17.3 Å². The van der Waals surface area contributed by atoms with Crippen molar-refractivity contribution in [1.82, 2.24) is 0 Å². The van der Waals surface area contributed by atoms with E-state index in [1.165, 1.54) is 11.8 Å². The van der Waals surface area contributed by atoms with Crippen molar-refractivity contribution in [3.05, 3.63) is 91.8 Å². The molecule has 0 atom stereocenters. The smallest absolute Gasteiger partial charge is 0.270 e. The average Bonchev–Trinajstić information content (AvgIpc) is 3.06. The number of halogens is 2. The van der Waals surface area contributed by atoms with Gasteiger partial charge in [-0.05, 0) is 49.8 Å². The fourth-order valence-electron chi connectivity index (χ4n) is 3.62. The highest BCUT2D eigenvalue weighted by Crippen LogP contribution is 2.40. The van der Waals surface area contributed by atoms with E-state index in [2.05, 4.69) is 0 Å². The summed E-state index contributed by atoms with van der Waals surface area (Å²) in [7, 11) is 1.57. The van der Waals surface area contributed by atoms with E-state index in [9.17, 15) is 4.79 Å². The fraction of sp³-hybridized carbons (Fsp3) is 0.154. The summed E-state index contributed by atoms with van der Waals surface area (Å²) in [6.07, 6.45) is 1.78. The van der Waals surface area contributed by atoms with E-state index in [1.807, 2.05) is 50.2 Å². The lowest BCUT2D eigenvalue weighted by molar-refractivity contribution is -0.113. The molecule has 1 aliphatic rings. The molecule has 1 heterocycles. The van der Waals surface area contributed by atoms with Crippen LogP contribution in [0.4, 0.5) is 5.69 Å². The number of nitrogens with zero attached hydrogens (tertiary/aromatic N) is 1. The van der Waals surface area contributed by atoms with Crippen molar-refractivity contribution in [2.75, 3.05) is 12.0 Å². The molecule has 1 amide bonds. The summed E-state index contributed by atoms with van der Waals surface area (Å²) >= 11 is 19.1. The Morgan fingerprint density at radius 1 is 1.09 bits per heavy atom. The molecule has 3 aromatic carbocycles. The number of anilines is 1. The number of thioether (sulfide) groups is 1. The van der Waals surface area contributed by atoms with Gasteiger partial charge in [-0.15, -0.1) is 0 Å². The van der Waals surface area contributed by atoms with Crippen LogP contribution in [0.5, 0.6) is 11.5 Å². The molecule has 0 N–H and O–H groups in total. The second-order valence-electron chi connectivity index (χ2n) is 7.71. The first-order valence-corrected chi connectivity index (χ1v) is 12.4. The number of rotatable bonds is 6. The number of methoxy groups -OCH3 is 1. The molecule has 0 radical (unpaired) electrons. The van der Waals surface area contributed by atoms with E-state index in [-0.39, 0.29) is 12.5 Å². The van der Waals surface area contributed by atoms with Crippen LogP contribution in [0.2, 0.25) is 10.0 Å². The number of hydrogen-bond acceptors (Lipinski definition) is 5. The lowest BCUT2D eigenvalue weighted by Gasteiger charge is -2.17. The zero-order chi connectivity index (χ0) is 24.4. The molecule has 34 heavy (non-hydrogen) atoms. The third-order valence-corrected chi connectivity index (χ3v) is 7.18. The molecule has 4 nitrogen and oxygen atoms in total. The number of aryl methyl sites for hydroxylation is 2. The molecule has 0 spiro atoms. The fourth-order valence-corrected chi connectivity index (χ4v) is 5.36. The molecule has 0 bridgehead atoms. The highest BCUT2D eigenvalue weighted by atomic mass is 35.5. The van der Waals surface area contributed by atoms with Gasteiger partial charge in [-0.1, -0.05) is 83.1 Å². The maximum Gasteiger partial charge on any atom is 0.270 e. The van der Waals surface area contributed by atoms with E-state index in [0.717, 1.165) is 22.4 Å². The number of benzene rings is 3. The molecule has 1 saturated heterocycles. The molecule has 174 valence electrons. The van der Waals surface area contributed by atoms with Crippen molar-refractivity contribution in [3.63, 3.8) is 0 Å². The summed E-state index contributed by atoms with van der Waals surface area (Å²) in [6.45, 7) is 4.20. The largest absolute Gasteiger partial charge is 0.493 e. The van der Waals surface area contributed by atoms with E-state index in [4.69, 9.17) is 44.9 Å². The summed E-state index contributed by atoms with van der Waals surface area (Å²) in [5.74, 6) is 0.882. The van der Waals surface area contributed by atoms with Crippen LogP contribution in [0.25, 0.3) is 6.08 Å². The average molecular weight is 530 g/mol. The van der Waals surface area contributed by atoms with Gasteiger partial charge < -0.3 is 9.47 Å². The first-order valence-electron chi connectivity index (χ1n) is 10.4. The Hall–Kier alpha value is -2.51. The minimum atomic E-state index is -0.170. The standard InChI is InChI=1S/C26H21Cl2NO3S2/c1-15-7-10-21(16(2)11-15)29-25(30)23(34-26(29)33)12-17-5-4-6-22(31-3)24(17)32-14-18-8-9-19(27)13-20(18)28/h4-13H,14H2,1-3H3/b23-12-. The highest BCUT2D eigenvalue weighted by Gasteiger charge is 2.34. The molecule has 1 fully saturated rings. The Bertz CT molecular complexity index is 1320. The van der Waals surface area contributed by atoms with E-state index in [1.54, 1.807) is 36.3 Å². The Morgan fingerprint density at radius 2 is 1.88 bits per heavy atom. The van der Waals surface area contributed by atoms with E-state index >= 15 is 0 Å². The highest BCUT2D eigenvalue weighted by molar-refractivity contribution is 8.27. The van der Waals surface area contributed by atoms with Gasteiger partial charge in [0.05, 0.1) is 17.7 Å². The normalized spacial score (nSPS) is 14.7. The second kappa shape index (κ2) is 10.4. The molecule has 0 aromatic heterocycles. The van der Waals surface area contributed by atoms with Gasteiger partial charge in [0.25, 0.3) is 5.91 Å². The van der Waals surface area contributed by atoms with Crippen LogP contribution in [-0.2, 0) is 11.4 Å². The predicted octanol–water partition coefficient (Wildman–Crippen LogP) is 7.60. The second-order valence-corrected chi connectivity index (χ2v) is 10.2. The minimum Gasteiger partial charge on any atom is -0.493 e. The zero-order valence-corrected chi connectivity index (χ0v) is 21.9. The van der Waals surface area contributed by atoms with Gasteiger partial charge in [0.1, 0.15) is 6.61 Å². The van der Waals surface area contributed by atoms with Gasteiger partial charge in [-0.25, -0.2) is 0 Å². The summed E-state index contributed by atoms with van der Waals surface area (Å²) < 4.78 is 12.1. The summed E-state index contributed by atoms with van der Waals surface area (Å²) in [5.41, 5.74) is 4.38. The molecule has 3 aromatic rings. The lowest BCUT2D eigenvalue weighted by Crippen LogP contribution is -2.28. The van der Waals surface area contributed by atoms with Gasteiger partial charge in [0, 0.05) is 21.2 Å². The van der Waals surface area contributed by atoms with Crippen LogP contribution >= 0.6 is 47.2 Å². The predicted molar refractivity (Wildman–Crippen MR) is 145 cm³/mol. The van der Waals surface area contributed by atoms with Crippen LogP contribution in [0.3, 0.4) is 0 Å². The Morgan fingerprint density at radius 3 is 2.59 bits per heavy atom. The third-order valence-electron chi connectivity index (χ3n) is 5.29. The van der Waals surface area contributed by atoms with Gasteiger partial charge in [-0.2, -0.15) is 0 Å². The van der Waals surface area contributed by atoms with Gasteiger partial charge >= 0.3 is 0 Å². The molecule has 8 heteroatoms. The van der Waals surface area contributed by atoms with E-state index in [0.29, 0.717) is 36.3 Å². The molecule has 4 rings (SSSR count). The van der Waals surface area contributed by atoms with Crippen molar-refractivity contribution in [1.29, 1.82) is 0 Å². The Balaban J connectivity index is 1.66. The Kier molecular flexibility index (Phi) is 7.53. The van der Waals surface area contributed by atoms with Crippen molar-refractivity contribution in [2.45, 2.75) is 20.5 Å². The number of carbonyl (C=O) groups is 1. The molecular formula is C26H21Cl2NO3S2. The third kappa shape index (κ3) is 5.10. The number of ether oxygens (including phenoxy) is 2. The topological polar surface area (TPSA) is 38.8 Å². The van der Waals surface area contributed by atoms with Gasteiger partial charge in [0.15, 0.2) is 15.8 Å². The van der Waals surface area contributed by atoms with Crippen molar-refractivity contribution in [3.8, 4) is 11.5 Å². The monoisotopic (exact) mass is 529 g/mol. The first-order chi connectivity index (χ1) is 16.3. The quantitative estimate of drug-likeness (QED) is 0.242. The van der Waals surface area contributed by atoms with Crippen molar-refractivity contribution < 1.29 is 14.3 Å². The van der Waals surface area contributed by atoms with Crippen LogP contribution < -0.4 is 14.4 Å². The van der Waals surface area contributed by atoms with E-state index < -0.39 is 0 Å². The maximum absolute atomic E-state index is 13.3. The van der Waals surface area contributed by atoms with Gasteiger partial charge in [-0.3, -0.25) is 9.69 Å². The maximum atomic E-state index is 13.3. The number of para-hydroxylation sites is 1.